The van der Waals surface area contributed by atoms with E-state index < -0.39 is 11.8 Å². The number of carbonyl (C=O) groups excluding carboxylic acids is 2. The molecule has 0 bridgehead atoms. The number of hydrazine groups is 1. The molecular weight excluding hydrogens is 348 g/mol. The maximum Gasteiger partial charge on any atom is 0.273 e. The molecule has 0 saturated heterocycles. The molecule has 1 aliphatic heterocycles. The monoisotopic (exact) mass is 362 g/mol. The summed E-state index contributed by atoms with van der Waals surface area (Å²) in [6.07, 6.45) is 4.22. The van der Waals surface area contributed by atoms with Crippen LogP contribution < -0.4 is 20.3 Å². The van der Waals surface area contributed by atoms with Crippen LogP contribution in [0.5, 0.6) is 11.5 Å². The second-order valence-electron chi connectivity index (χ2n) is 5.19. The number of hydrogen-bond donors (Lipinski definition) is 2. The maximum absolute atomic E-state index is 11.9. The minimum absolute atomic E-state index is 0.350. The normalized spacial score (nSPS) is 12.9. The van der Waals surface area contributed by atoms with Crippen molar-refractivity contribution in [2.75, 3.05) is 13.2 Å². The zero-order chi connectivity index (χ0) is 17.8. The molecule has 8 heteroatoms. The third-order valence-corrected chi connectivity index (χ3v) is 3.73. The van der Waals surface area contributed by atoms with Crippen molar-refractivity contribution in [2.24, 2.45) is 0 Å². The Hall–Kier alpha value is -2.93. The van der Waals surface area contributed by atoms with Crippen molar-refractivity contribution in [1.82, 2.24) is 10.9 Å². The molecule has 1 aromatic heterocycles. The number of benzene rings is 1. The van der Waals surface area contributed by atoms with Gasteiger partial charge in [0.2, 0.25) is 0 Å². The van der Waals surface area contributed by atoms with Crippen molar-refractivity contribution < 1.29 is 23.5 Å². The molecule has 2 N–H and O–H groups in total. The molecule has 0 radical (unpaired) electrons. The van der Waals surface area contributed by atoms with E-state index in [0.29, 0.717) is 46.6 Å². The lowest BCUT2D eigenvalue weighted by molar-refractivity contribution is -0.117. The molecule has 1 aromatic carbocycles. The smallest absolute Gasteiger partial charge is 0.273 e. The molecule has 7 nitrogen and oxygen atoms in total. The van der Waals surface area contributed by atoms with Crippen LogP contribution in [0.2, 0.25) is 5.02 Å². The average Bonchev–Trinajstić information content (AvgIpc) is 3.04. The van der Waals surface area contributed by atoms with Gasteiger partial charge in [-0.2, -0.15) is 0 Å². The van der Waals surface area contributed by atoms with Crippen LogP contribution >= 0.6 is 11.6 Å². The summed E-state index contributed by atoms with van der Waals surface area (Å²) in [6, 6.07) is 4.90. The van der Waals surface area contributed by atoms with E-state index in [1.54, 1.807) is 25.1 Å². The van der Waals surface area contributed by atoms with Gasteiger partial charge in [-0.25, -0.2) is 0 Å². The highest BCUT2D eigenvalue weighted by atomic mass is 35.5. The van der Waals surface area contributed by atoms with E-state index in [1.807, 2.05) is 0 Å². The number of nitrogens with one attached hydrogen (secondary N) is 2. The Morgan fingerprint density at radius 1 is 1.20 bits per heavy atom. The number of amides is 2. The van der Waals surface area contributed by atoms with Gasteiger partial charge in [-0.1, -0.05) is 11.6 Å². The summed E-state index contributed by atoms with van der Waals surface area (Å²) in [7, 11) is 0. The topological polar surface area (TPSA) is 89.8 Å². The van der Waals surface area contributed by atoms with E-state index in [-0.39, 0.29) is 0 Å². The first-order chi connectivity index (χ1) is 12.0. The fourth-order valence-corrected chi connectivity index (χ4v) is 2.52. The molecule has 0 aliphatic carbocycles. The molecule has 0 spiro atoms. The highest BCUT2D eigenvalue weighted by molar-refractivity contribution is 6.32. The van der Waals surface area contributed by atoms with Gasteiger partial charge in [0, 0.05) is 6.08 Å². The zero-order valence-corrected chi connectivity index (χ0v) is 14.1. The molecule has 2 amide bonds. The Bertz CT molecular complexity index is 844. The summed E-state index contributed by atoms with van der Waals surface area (Å²) in [4.78, 5) is 23.7. The van der Waals surface area contributed by atoms with E-state index in [0.717, 1.165) is 0 Å². The van der Waals surface area contributed by atoms with Crippen molar-refractivity contribution in [2.45, 2.75) is 6.92 Å². The number of furan rings is 1. The van der Waals surface area contributed by atoms with Crippen LogP contribution in [0.3, 0.4) is 0 Å². The van der Waals surface area contributed by atoms with Crippen molar-refractivity contribution in [3.63, 3.8) is 0 Å². The highest BCUT2D eigenvalue weighted by Crippen LogP contribution is 2.38. The molecule has 2 heterocycles. The van der Waals surface area contributed by atoms with Gasteiger partial charge in [-0.05, 0) is 36.8 Å². The van der Waals surface area contributed by atoms with Crippen LogP contribution in [0, 0.1) is 6.92 Å². The first-order valence-electron chi connectivity index (χ1n) is 7.46. The molecule has 3 rings (SSSR count). The Morgan fingerprint density at radius 3 is 2.76 bits per heavy atom. The molecular formula is C17H15ClN2O5. The molecule has 0 fully saturated rings. The number of fused-ring (bicyclic) bond motifs is 1. The second-order valence-corrected chi connectivity index (χ2v) is 5.60. The summed E-state index contributed by atoms with van der Waals surface area (Å²) in [5, 5.41) is 0.404. The third kappa shape index (κ3) is 3.95. The fraction of sp³-hybridized carbons (Fsp3) is 0.176. The van der Waals surface area contributed by atoms with Crippen molar-refractivity contribution >= 4 is 29.5 Å². The third-order valence-electron chi connectivity index (χ3n) is 3.45. The first kappa shape index (κ1) is 16.9. The molecule has 0 saturated carbocycles. The van der Waals surface area contributed by atoms with Gasteiger partial charge >= 0.3 is 0 Å². The molecule has 0 unspecified atom stereocenters. The van der Waals surface area contributed by atoms with Gasteiger partial charge in [-0.3, -0.25) is 20.4 Å². The predicted molar refractivity (Wildman–Crippen MR) is 90.5 cm³/mol. The summed E-state index contributed by atoms with van der Waals surface area (Å²) in [5.74, 6) is 0.531. The van der Waals surface area contributed by atoms with E-state index >= 15 is 0 Å². The standard InChI is InChI=1S/C17H15ClN2O5/c1-10-12(4-5-23-10)17(22)20-19-15(21)3-2-11-8-13(18)16-14(9-11)24-6-7-25-16/h2-5,8-9H,6-7H2,1H3,(H,19,21)(H,20,22)/b3-2+. The van der Waals surface area contributed by atoms with Crippen LogP contribution in [0.1, 0.15) is 21.7 Å². The van der Waals surface area contributed by atoms with Gasteiger partial charge < -0.3 is 13.9 Å². The van der Waals surface area contributed by atoms with Crippen LogP contribution in [0.4, 0.5) is 0 Å². The van der Waals surface area contributed by atoms with Crippen molar-refractivity contribution in [3.05, 3.63) is 52.4 Å². The van der Waals surface area contributed by atoms with Gasteiger partial charge in [0.15, 0.2) is 11.5 Å². The van der Waals surface area contributed by atoms with Gasteiger partial charge in [-0.15, -0.1) is 0 Å². The predicted octanol–water partition coefficient (Wildman–Crippen LogP) is 2.49. The summed E-state index contributed by atoms with van der Waals surface area (Å²) in [5.41, 5.74) is 5.61. The summed E-state index contributed by atoms with van der Waals surface area (Å²) in [6.45, 7) is 2.54. The van der Waals surface area contributed by atoms with Crippen LogP contribution in [-0.4, -0.2) is 25.0 Å². The number of hydrogen-bond acceptors (Lipinski definition) is 5. The lowest BCUT2D eigenvalue weighted by Gasteiger charge is -2.19. The molecule has 25 heavy (non-hydrogen) atoms. The van der Waals surface area contributed by atoms with Crippen LogP contribution in [0.25, 0.3) is 6.08 Å². The number of aryl methyl sites for hydroxylation is 1. The number of ether oxygens (including phenoxy) is 2. The molecule has 2 aromatic rings. The molecule has 1 aliphatic rings. The van der Waals surface area contributed by atoms with E-state index in [2.05, 4.69) is 10.9 Å². The van der Waals surface area contributed by atoms with E-state index in [9.17, 15) is 9.59 Å². The maximum atomic E-state index is 11.9. The second kappa shape index (κ2) is 7.31. The SMILES string of the molecule is Cc1occc1C(=O)NNC(=O)/C=C/c1cc(Cl)c2c(c1)OCCO2. The largest absolute Gasteiger partial charge is 0.486 e. The Labute approximate surface area is 148 Å². The van der Waals surface area contributed by atoms with Gasteiger partial charge in [0.25, 0.3) is 11.8 Å². The number of rotatable bonds is 3. The van der Waals surface area contributed by atoms with Crippen LogP contribution in [0.15, 0.2) is 35.0 Å². The fourth-order valence-electron chi connectivity index (χ4n) is 2.25. The van der Waals surface area contributed by atoms with Gasteiger partial charge in [0.05, 0.1) is 16.8 Å². The van der Waals surface area contributed by atoms with Crippen molar-refractivity contribution in [3.8, 4) is 11.5 Å². The summed E-state index contributed by atoms with van der Waals surface area (Å²) >= 11 is 6.13. The lowest BCUT2D eigenvalue weighted by Crippen LogP contribution is -2.40. The Kier molecular flexibility index (Phi) is 4.95. The summed E-state index contributed by atoms with van der Waals surface area (Å²) < 4.78 is 15.9. The van der Waals surface area contributed by atoms with Gasteiger partial charge in [0.1, 0.15) is 19.0 Å². The zero-order valence-electron chi connectivity index (χ0n) is 13.3. The van der Waals surface area contributed by atoms with E-state index in [1.165, 1.54) is 18.4 Å². The highest BCUT2D eigenvalue weighted by Gasteiger charge is 2.16. The minimum atomic E-state index is -0.500. The molecule has 0 atom stereocenters. The first-order valence-corrected chi connectivity index (χ1v) is 7.84. The van der Waals surface area contributed by atoms with E-state index in [4.69, 9.17) is 25.5 Å². The Morgan fingerprint density at radius 2 is 2.00 bits per heavy atom. The minimum Gasteiger partial charge on any atom is -0.486 e. The molecule has 130 valence electrons. The number of carbonyl (C=O) groups is 2. The quantitative estimate of drug-likeness (QED) is 0.646. The lowest BCUT2D eigenvalue weighted by atomic mass is 10.1. The Balaban J connectivity index is 1.60. The number of halogens is 1. The van der Waals surface area contributed by atoms with Crippen LogP contribution in [-0.2, 0) is 4.79 Å². The van der Waals surface area contributed by atoms with Crippen molar-refractivity contribution in [1.29, 1.82) is 0 Å². The average molecular weight is 363 g/mol.